The van der Waals surface area contributed by atoms with E-state index < -0.39 is 0 Å². The summed E-state index contributed by atoms with van der Waals surface area (Å²) in [4.78, 5) is 2.49. The Kier molecular flexibility index (Phi) is 10.3. The molecular weight excluding hydrogens is 809 g/mol. The molecule has 67 heavy (non-hydrogen) atoms. The van der Waals surface area contributed by atoms with Crippen molar-refractivity contribution < 1.29 is 0 Å². The minimum Gasteiger partial charge on any atom is -0.309 e. The number of aromatic nitrogens is 1. The van der Waals surface area contributed by atoms with Crippen LogP contribution in [0.15, 0.2) is 255 Å². The van der Waals surface area contributed by atoms with Crippen molar-refractivity contribution in [3.05, 3.63) is 260 Å². The molecule has 0 fully saturated rings. The SMILES string of the molecule is CC1C=C(c2cccc3cccc(-c4ccccc4N(c4cccc(-c5ccc6c7ccccc7n(-c7ccccc7)c6c5)c4)c4ccccc4-c4ccc(-c5ccccc5)cc4)c23)C=CC1. The molecule has 11 aromatic rings. The predicted octanol–water partition coefficient (Wildman–Crippen LogP) is 18.1. The van der Waals surface area contributed by atoms with Gasteiger partial charge >= 0.3 is 0 Å². The van der Waals surface area contributed by atoms with Gasteiger partial charge in [-0.25, -0.2) is 0 Å². The Balaban J connectivity index is 1.07. The first kappa shape index (κ1) is 40.1. The van der Waals surface area contributed by atoms with Crippen molar-refractivity contribution in [1.29, 1.82) is 0 Å². The summed E-state index contributed by atoms with van der Waals surface area (Å²) in [7, 11) is 0. The lowest BCUT2D eigenvalue weighted by Gasteiger charge is -2.30. The van der Waals surface area contributed by atoms with E-state index in [-0.39, 0.29) is 0 Å². The highest BCUT2D eigenvalue weighted by molar-refractivity contribution is 6.11. The minimum atomic E-state index is 0.484. The number of hydrogen-bond donors (Lipinski definition) is 0. The van der Waals surface area contributed by atoms with Gasteiger partial charge in [-0.05, 0) is 116 Å². The second-order valence-corrected chi connectivity index (χ2v) is 17.7. The highest BCUT2D eigenvalue weighted by atomic mass is 15.1. The predicted molar refractivity (Wildman–Crippen MR) is 286 cm³/mol. The van der Waals surface area contributed by atoms with Crippen molar-refractivity contribution in [2.75, 3.05) is 4.90 Å². The van der Waals surface area contributed by atoms with Crippen LogP contribution in [0.2, 0.25) is 0 Å². The molecule has 2 nitrogen and oxygen atoms in total. The molecule has 318 valence electrons. The molecule has 0 aliphatic heterocycles. The minimum absolute atomic E-state index is 0.484. The fraction of sp³-hybridized carbons (Fsp3) is 0.0462. The van der Waals surface area contributed by atoms with E-state index in [0.717, 1.165) is 51.4 Å². The van der Waals surface area contributed by atoms with Crippen LogP contribution in [0.3, 0.4) is 0 Å². The molecule has 1 unspecified atom stereocenters. The first-order valence-electron chi connectivity index (χ1n) is 23.4. The third-order valence-corrected chi connectivity index (χ3v) is 13.5. The molecule has 2 heteroatoms. The molecule has 10 aromatic carbocycles. The number of anilines is 3. The van der Waals surface area contributed by atoms with Gasteiger partial charge in [-0.15, -0.1) is 0 Å². The monoisotopic (exact) mass is 856 g/mol. The van der Waals surface area contributed by atoms with Crippen LogP contribution in [0, 0.1) is 5.92 Å². The number of fused-ring (bicyclic) bond motifs is 4. The zero-order valence-electron chi connectivity index (χ0n) is 37.4. The van der Waals surface area contributed by atoms with Crippen molar-refractivity contribution in [1.82, 2.24) is 4.57 Å². The fourth-order valence-electron chi connectivity index (χ4n) is 10.3. The number of nitrogens with zero attached hydrogens (tertiary/aromatic N) is 2. The topological polar surface area (TPSA) is 8.17 Å². The van der Waals surface area contributed by atoms with E-state index in [1.807, 2.05) is 0 Å². The molecule has 0 spiro atoms. The van der Waals surface area contributed by atoms with Crippen molar-refractivity contribution in [3.8, 4) is 50.2 Å². The van der Waals surface area contributed by atoms with Crippen LogP contribution in [0.4, 0.5) is 17.1 Å². The molecule has 1 aliphatic carbocycles. The Labute approximate surface area is 392 Å². The standard InChI is InChI=1S/C65H48N2/c1-45-18-14-24-52(42-45)56-31-16-21-49-22-17-32-60(65(49)56)58-30-10-13-35-63(58)67(61-33-11-8-28-55(61)48-38-36-47(37-39-48)46-19-4-2-5-20-46)54-27-15-23-50(43-54)51-40-41-59-57-29-9-12-34-62(57)66(64(59)44-51)53-25-6-3-7-26-53/h2-17,19-45H,18H2,1H3. The molecule has 0 saturated heterocycles. The molecule has 0 bridgehead atoms. The largest absolute Gasteiger partial charge is 0.309 e. The first-order valence-corrected chi connectivity index (χ1v) is 23.4. The molecule has 12 rings (SSSR count). The van der Waals surface area contributed by atoms with Gasteiger partial charge in [0.2, 0.25) is 0 Å². The quantitative estimate of drug-likeness (QED) is 0.140. The maximum atomic E-state index is 2.49. The lowest BCUT2D eigenvalue weighted by molar-refractivity contribution is 0.740. The van der Waals surface area contributed by atoms with Gasteiger partial charge in [0.15, 0.2) is 0 Å². The summed E-state index contributed by atoms with van der Waals surface area (Å²) in [5, 5.41) is 4.99. The number of benzene rings is 10. The Morgan fingerprint density at radius 3 is 1.78 bits per heavy atom. The van der Waals surface area contributed by atoms with Gasteiger partial charge in [-0.3, -0.25) is 0 Å². The van der Waals surface area contributed by atoms with Crippen molar-refractivity contribution in [2.24, 2.45) is 5.92 Å². The van der Waals surface area contributed by atoms with E-state index in [9.17, 15) is 0 Å². The van der Waals surface area contributed by atoms with Crippen molar-refractivity contribution in [2.45, 2.75) is 13.3 Å². The van der Waals surface area contributed by atoms with Gasteiger partial charge in [0.25, 0.3) is 0 Å². The molecule has 0 amide bonds. The first-order chi connectivity index (χ1) is 33.2. The van der Waals surface area contributed by atoms with E-state index in [1.165, 1.54) is 66.0 Å². The number of rotatable bonds is 9. The molecule has 1 aromatic heterocycles. The van der Waals surface area contributed by atoms with Crippen LogP contribution in [-0.2, 0) is 0 Å². The summed E-state index contributed by atoms with van der Waals surface area (Å²) in [6, 6.07) is 86.6. The van der Waals surface area contributed by atoms with Crippen molar-refractivity contribution in [3.63, 3.8) is 0 Å². The van der Waals surface area contributed by atoms with Crippen LogP contribution >= 0.6 is 0 Å². The third kappa shape index (κ3) is 7.34. The van der Waals surface area contributed by atoms with Crippen LogP contribution in [-0.4, -0.2) is 4.57 Å². The average Bonchev–Trinajstić information content (AvgIpc) is 3.73. The Morgan fingerprint density at radius 2 is 0.985 bits per heavy atom. The van der Waals surface area contributed by atoms with Crippen LogP contribution in [0.1, 0.15) is 18.9 Å². The lowest BCUT2D eigenvalue weighted by atomic mass is 9.87. The smallest absolute Gasteiger partial charge is 0.0547 e. The van der Waals surface area contributed by atoms with Gasteiger partial charge in [0.1, 0.15) is 0 Å². The van der Waals surface area contributed by atoms with E-state index in [2.05, 4.69) is 271 Å². The second kappa shape index (κ2) is 17.2. The highest BCUT2D eigenvalue weighted by Crippen LogP contribution is 2.48. The van der Waals surface area contributed by atoms with Crippen LogP contribution in [0.5, 0.6) is 0 Å². The second-order valence-electron chi connectivity index (χ2n) is 17.7. The zero-order valence-corrected chi connectivity index (χ0v) is 37.4. The van der Waals surface area contributed by atoms with Crippen LogP contribution in [0.25, 0.3) is 88.3 Å². The third-order valence-electron chi connectivity index (χ3n) is 13.5. The van der Waals surface area contributed by atoms with Gasteiger partial charge < -0.3 is 9.47 Å². The molecule has 0 saturated carbocycles. The maximum Gasteiger partial charge on any atom is 0.0547 e. The summed E-state index contributed by atoms with van der Waals surface area (Å²) >= 11 is 0. The molecule has 1 heterocycles. The van der Waals surface area contributed by atoms with Crippen molar-refractivity contribution >= 4 is 55.2 Å². The Hall–Kier alpha value is -8.46. The summed E-state index contributed by atoms with van der Waals surface area (Å²) in [6.45, 7) is 2.31. The zero-order chi connectivity index (χ0) is 44.7. The van der Waals surface area contributed by atoms with Gasteiger partial charge in [0.05, 0.1) is 22.4 Å². The number of para-hydroxylation sites is 4. The van der Waals surface area contributed by atoms with Gasteiger partial charge in [-0.1, -0.05) is 213 Å². The van der Waals surface area contributed by atoms with E-state index in [1.54, 1.807) is 0 Å². The highest BCUT2D eigenvalue weighted by Gasteiger charge is 2.23. The molecule has 1 atom stereocenters. The van der Waals surface area contributed by atoms with E-state index in [4.69, 9.17) is 0 Å². The van der Waals surface area contributed by atoms with Crippen LogP contribution < -0.4 is 4.90 Å². The molecule has 1 aliphatic rings. The summed E-state index contributed by atoms with van der Waals surface area (Å²) in [5.74, 6) is 0.484. The molecule has 0 N–H and O–H groups in total. The molecular formula is C65H48N2. The number of hydrogen-bond acceptors (Lipinski definition) is 1. The maximum absolute atomic E-state index is 2.49. The Morgan fingerprint density at radius 1 is 0.418 bits per heavy atom. The van der Waals surface area contributed by atoms with Gasteiger partial charge in [0, 0.05) is 33.3 Å². The summed E-state index contributed by atoms with van der Waals surface area (Å²) < 4.78 is 2.40. The fourth-order valence-corrected chi connectivity index (χ4v) is 10.3. The van der Waals surface area contributed by atoms with Gasteiger partial charge in [-0.2, -0.15) is 0 Å². The summed E-state index contributed by atoms with van der Waals surface area (Å²) in [5.41, 5.74) is 18.8. The lowest BCUT2D eigenvalue weighted by Crippen LogP contribution is -2.12. The number of allylic oxidation sites excluding steroid dienone is 4. The Bertz CT molecular complexity index is 3660. The average molecular weight is 857 g/mol. The molecule has 0 radical (unpaired) electrons. The summed E-state index contributed by atoms with van der Waals surface area (Å²) in [6.07, 6.45) is 8.14. The van der Waals surface area contributed by atoms with E-state index >= 15 is 0 Å². The van der Waals surface area contributed by atoms with E-state index in [0.29, 0.717) is 5.92 Å². The normalized spacial score (nSPS) is 13.6.